The van der Waals surface area contributed by atoms with Gasteiger partial charge in [-0.1, -0.05) is 27.7 Å². The average molecular weight is 302 g/mol. The van der Waals surface area contributed by atoms with Gasteiger partial charge in [0.2, 0.25) is 0 Å². The summed E-state index contributed by atoms with van der Waals surface area (Å²) in [6, 6.07) is 0.439. The lowest BCUT2D eigenvalue weighted by Crippen LogP contribution is -2.51. The molecule has 1 saturated carbocycles. The maximum atomic E-state index is 12.9. The largest absolute Gasteiger partial charge is 0.313 e. The predicted octanol–water partition coefficient (Wildman–Crippen LogP) is 4.12. The van der Waals surface area contributed by atoms with E-state index in [1.165, 1.54) is 12.8 Å². The molecule has 0 aromatic heterocycles. The third kappa shape index (κ3) is 4.84. The van der Waals surface area contributed by atoms with Crippen LogP contribution in [0.5, 0.6) is 0 Å². The van der Waals surface area contributed by atoms with E-state index in [9.17, 15) is 4.21 Å². The van der Waals surface area contributed by atoms with E-state index in [0.29, 0.717) is 22.6 Å². The van der Waals surface area contributed by atoms with Crippen LogP contribution >= 0.6 is 0 Å². The first-order valence-corrected chi connectivity index (χ1v) is 9.42. The Labute approximate surface area is 128 Å². The highest BCUT2D eigenvalue weighted by atomic mass is 32.2. The first kappa shape index (κ1) is 18.2. The Morgan fingerprint density at radius 1 is 1.10 bits per heavy atom. The lowest BCUT2D eigenvalue weighted by Gasteiger charge is -2.43. The summed E-state index contributed by atoms with van der Waals surface area (Å²) in [7, 11) is -0.775. The van der Waals surface area contributed by atoms with Gasteiger partial charge in [0.15, 0.2) is 0 Å². The van der Waals surface area contributed by atoms with Gasteiger partial charge in [0.05, 0.1) is 5.25 Å². The van der Waals surface area contributed by atoms with E-state index in [2.05, 4.69) is 53.8 Å². The summed E-state index contributed by atoms with van der Waals surface area (Å²) in [6.45, 7) is 16.6. The first-order valence-electron chi connectivity index (χ1n) is 8.21. The van der Waals surface area contributed by atoms with Crippen molar-refractivity contribution in [1.82, 2.24) is 5.32 Å². The molecule has 0 bridgehead atoms. The van der Waals surface area contributed by atoms with Gasteiger partial charge in [-0.2, -0.15) is 0 Å². The highest BCUT2D eigenvalue weighted by Gasteiger charge is 2.41. The topological polar surface area (TPSA) is 29.1 Å². The third-order valence-electron chi connectivity index (χ3n) is 4.55. The number of hydrogen-bond acceptors (Lipinski definition) is 2. The van der Waals surface area contributed by atoms with Gasteiger partial charge in [-0.3, -0.25) is 4.21 Å². The second-order valence-corrected chi connectivity index (χ2v) is 10.8. The normalized spacial score (nSPS) is 30.2. The van der Waals surface area contributed by atoms with E-state index in [1.54, 1.807) is 0 Å². The van der Waals surface area contributed by atoms with Gasteiger partial charge in [0.1, 0.15) is 0 Å². The number of rotatable bonds is 4. The zero-order chi connectivity index (χ0) is 15.6. The summed E-state index contributed by atoms with van der Waals surface area (Å²) in [4.78, 5) is 0. The Morgan fingerprint density at radius 3 is 2.15 bits per heavy atom. The fourth-order valence-electron chi connectivity index (χ4n) is 3.17. The first-order chi connectivity index (χ1) is 9.07. The van der Waals surface area contributed by atoms with Gasteiger partial charge in [-0.15, -0.1) is 0 Å². The van der Waals surface area contributed by atoms with Crippen molar-refractivity contribution in [2.75, 3.05) is 6.54 Å². The minimum Gasteiger partial charge on any atom is -0.313 e. The molecule has 2 nitrogen and oxygen atoms in total. The zero-order valence-corrected chi connectivity index (χ0v) is 15.4. The van der Waals surface area contributed by atoms with Gasteiger partial charge in [0.25, 0.3) is 0 Å². The Bertz CT molecular complexity index is 327. The van der Waals surface area contributed by atoms with Crippen LogP contribution in [0.25, 0.3) is 0 Å². The van der Waals surface area contributed by atoms with Gasteiger partial charge in [-0.25, -0.2) is 0 Å². The molecule has 0 aliphatic heterocycles. The van der Waals surface area contributed by atoms with Crippen molar-refractivity contribution in [2.45, 2.75) is 90.2 Å². The summed E-state index contributed by atoms with van der Waals surface area (Å²) >= 11 is 0. The number of hydrogen-bond donors (Lipinski definition) is 1. The molecule has 0 radical (unpaired) electrons. The van der Waals surface area contributed by atoms with Crippen LogP contribution in [0.15, 0.2) is 0 Å². The molecule has 20 heavy (non-hydrogen) atoms. The van der Waals surface area contributed by atoms with Crippen LogP contribution in [-0.4, -0.2) is 26.8 Å². The van der Waals surface area contributed by atoms with Crippen molar-refractivity contribution in [3.8, 4) is 0 Å². The summed E-state index contributed by atoms with van der Waals surface area (Å²) in [6.07, 6.45) is 4.69. The summed E-state index contributed by atoms with van der Waals surface area (Å²) in [5.74, 6) is 0.693. The van der Waals surface area contributed by atoms with Crippen molar-refractivity contribution in [3.05, 3.63) is 0 Å². The molecule has 120 valence electrons. The van der Waals surface area contributed by atoms with Crippen LogP contribution < -0.4 is 5.32 Å². The lowest BCUT2D eigenvalue weighted by molar-refractivity contribution is 0.163. The fraction of sp³-hybridized carbons (Fsp3) is 1.00. The molecule has 1 N–H and O–H groups in total. The Kier molecular flexibility index (Phi) is 6.28. The molecule has 0 aromatic carbocycles. The van der Waals surface area contributed by atoms with E-state index >= 15 is 0 Å². The summed E-state index contributed by atoms with van der Waals surface area (Å²) in [5, 5.41) is 3.96. The van der Waals surface area contributed by atoms with Gasteiger partial charge in [0, 0.05) is 21.6 Å². The second kappa shape index (κ2) is 6.91. The molecule has 0 spiro atoms. The van der Waals surface area contributed by atoms with Gasteiger partial charge in [-0.05, 0) is 64.3 Å². The van der Waals surface area contributed by atoms with Crippen molar-refractivity contribution < 1.29 is 4.21 Å². The van der Waals surface area contributed by atoms with Crippen LogP contribution in [0.4, 0.5) is 0 Å². The second-order valence-electron chi connectivity index (χ2n) is 8.38. The van der Waals surface area contributed by atoms with Gasteiger partial charge >= 0.3 is 0 Å². The molecule has 0 heterocycles. The molecule has 3 heteroatoms. The molecular weight excluding hydrogens is 266 g/mol. The number of nitrogens with one attached hydrogen (secondary N) is 1. The van der Waals surface area contributed by atoms with Crippen molar-refractivity contribution in [2.24, 2.45) is 11.3 Å². The highest BCUT2D eigenvalue weighted by Crippen LogP contribution is 2.40. The predicted molar refractivity (Wildman–Crippen MR) is 90.6 cm³/mol. The highest BCUT2D eigenvalue weighted by molar-refractivity contribution is 7.87. The molecule has 0 aromatic rings. The van der Waals surface area contributed by atoms with E-state index in [4.69, 9.17) is 0 Å². The van der Waals surface area contributed by atoms with E-state index < -0.39 is 10.8 Å². The molecule has 0 saturated heterocycles. The minimum atomic E-state index is -0.775. The lowest BCUT2D eigenvalue weighted by atomic mass is 9.71. The Morgan fingerprint density at radius 2 is 1.70 bits per heavy atom. The van der Waals surface area contributed by atoms with E-state index in [1.807, 2.05) is 0 Å². The Hall–Kier alpha value is 0.110. The van der Waals surface area contributed by atoms with Crippen molar-refractivity contribution in [1.29, 1.82) is 0 Å². The van der Waals surface area contributed by atoms with Gasteiger partial charge < -0.3 is 5.32 Å². The molecule has 1 aliphatic rings. The minimum absolute atomic E-state index is 0.114. The molecule has 4 unspecified atom stereocenters. The maximum Gasteiger partial charge on any atom is 0.0509 e. The van der Waals surface area contributed by atoms with Crippen LogP contribution in [0, 0.1) is 11.3 Å². The molecular formula is C17H35NOS. The van der Waals surface area contributed by atoms with E-state index in [0.717, 1.165) is 19.4 Å². The SMILES string of the molecule is CCCNC1CCC(C(C)(C)C)CC1S(=O)C(C)(C)C. The average Bonchev–Trinajstić information content (AvgIpc) is 2.33. The Balaban J connectivity index is 2.86. The maximum absolute atomic E-state index is 12.9. The molecule has 0 amide bonds. The quantitative estimate of drug-likeness (QED) is 0.846. The molecule has 4 atom stereocenters. The zero-order valence-electron chi connectivity index (χ0n) is 14.6. The van der Waals surface area contributed by atoms with E-state index in [-0.39, 0.29) is 4.75 Å². The van der Waals surface area contributed by atoms with Crippen LogP contribution in [-0.2, 0) is 10.8 Å². The molecule has 1 rings (SSSR count). The third-order valence-corrected chi connectivity index (χ3v) is 6.83. The monoisotopic (exact) mass is 301 g/mol. The summed E-state index contributed by atoms with van der Waals surface area (Å²) < 4.78 is 12.8. The standard InChI is InChI=1S/C17H35NOS/c1-8-11-18-14-10-9-13(16(2,3)4)12-15(14)20(19)17(5,6)7/h13-15,18H,8-12H2,1-7H3. The van der Waals surface area contributed by atoms with Crippen LogP contribution in [0.3, 0.4) is 0 Å². The van der Waals surface area contributed by atoms with Crippen molar-refractivity contribution in [3.63, 3.8) is 0 Å². The smallest absolute Gasteiger partial charge is 0.0509 e. The molecule has 1 fully saturated rings. The fourth-order valence-corrected chi connectivity index (χ4v) is 5.02. The van der Waals surface area contributed by atoms with Crippen LogP contribution in [0.1, 0.15) is 74.1 Å². The van der Waals surface area contributed by atoms with Crippen LogP contribution in [0.2, 0.25) is 0 Å². The molecule has 1 aliphatic carbocycles. The summed E-state index contributed by atoms with van der Waals surface area (Å²) in [5.41, 5.74) is 0.329. The van der Waals surface area contributed by atoms with Crippen molar-refractivity contribution >= 4 is 10.8 Å².